The van der Waals surface area contributed by atoms with Crippen LogP contribution in [0.15, 0.2) is 78.0 Å². The van der Waals surface area contributed by atoms with Gasteiger partial charge < -0.3 is 36.1 Å². The molecule has 3 fully saturated rings. The van der Waals surface area contributed by atoms with E-state index >= 15 is 0 Å². The Balaban J connectivity index is 0.836. The average molecular weight is 894 g/mol. The number of aromatic nitrogens is 1. The molecule has 2 aromatic carbocycles. The molecule has 3 aliphatic heterocycles. The number of alkyl halides is 1. The molecule has 338 valence electrons. The lowest BCUT2D eigenvalue weighted by molar-refractivity contribution is -0.134. The number of amides is 5. The zero-order chi connectivity index (χ0) is 45.3. The molecule has 0 radical (unpaired) electrons. The highest BCUT2D eigenvalue weighted by molar-refractivity contribution is 6.29. The van der Waals surface area contributed by atoms with Gasteiger partial charge in [0, 0.05) is 107 Å². The Hall–Kier alpha value is -5.77. The van der Waals surface area contributed by atoms with Crippen molar-refractivity contribution in [1.29, 1.82) is 5.41 Å². The maximum atomic E-state index is 15.0. The Morgan fingerprint density at radius 2 is 1.47 bits per heavy atom. The summed E-state index contributed by atoms with van der Waals surface area (Å²) in [5.41, 5.74) is 10.5. The molecule has 7 rings (SSSR count). The smallest absolute Gasteiger partial charge is 0.274 e. The number of nitrogens with two attached hydrogens (primary N) is 1. The van der Waals surface area contributed by atoms with Crippen molar-refractivity contribution in [1.82, 2.24) is 29.5 Å². The van der Waals surface area contributed by atoms with Gasteiger partial charge >= 0.3 is 0 Å². The number of halogens is 2. The maximum Gasteiger partial charge on any atom is 0.274 e. The molecule has 0 spiro atoms. The normalized spacial score (nSPS) is 17.7. The lowest BCUT2D eigenvalue weighted by Gasteiger charge is -2.40. The molecular formula is C48H57ClFN9O5. The van der Waals surface area contributed by atoms with Gasteiger partial charge in [0.25, 0.3) is 11.8 Å². The molecule has 1 aromatic heterocycles. The number of carbonyl (C=O) groups excluding carboxylic acids is 5. The molecule has 64 heavy (non-hydrogen) atoms. The minimum Gasteiger partial charge on any atom is -0.366 e. The third kappa shape index (κ3) is 11.3. The Bertz CT molecular complexity index is 2330. The van der Waals surface area contributed by atoms with Gasteiger partial charge in [-0.2, -0.15) is 0 Å². The molecule has 1 aliphatic carbocycles. The van der Waals surface area contributed by atoms with Crippen LogP contribution in [0.5, 0.6) is 0 Å². The summed E-state index contributed by atoms with van der Waals surface area (Å²) < 4.78 is 15.0. The maximum absolute atomic E-state index is 15.0. The fourth-order valence-electron chi connectivity index (χ4n) is 8.97. The summed E-state index contributed by atoms with van der Waals surface area (Å²) in [6.07, 6.45) is 9.28. The van der Waals surface area contributed by atoms with Gasteiger partial charge in [-0.3, -0.25) is 28.9 Å². The first-order chi connectivity index (χ1) is 30.9. The number of carbonyl (C=O) groups is 5. The summed E-state index contributed by atoms with van der Waals surface area (Å²) >= 11 is 5.82. The summed E-state index contributed by atoms with van der Waals surface area (Å²) in [5.74, 6) is -2.14. The highest BCUT2D eigenvalue weighted by atomic mass is 35.5. The highest BCUT2D eigenvalue weighted by Crippen LogP contribution is 2.28. The van der Waals surface area contributed by atoms with Gasteiger partial charge in [-0.05, 0) is 72.9 Å². The monoisotopic (exact) mass is 893 g/mol. The standard InChI is InChI=1S/C48H57ClFN9O5/c1-2-32-6-5-7-35(24-32)36-27-42(54-43(60)28-49)45(53-29-36)48(64)58-14-12-33(13-15-58)30-55-16-18-56(19-17-55)31-44(61)57-20-22-59(23-21-57)47(63)39-25-34(10-11-40(39)50)26-41(51)37-8-3-4-9-38(37)46(52)62/h5-11,24-25,27,29,33,51H,2-4,12-23,26,28,30-31H2,1H3,(H2,52,62)(H,54,60). The second-order valence-corrected chi connectivity index (χ2v) is 17.3. The van der Waals surface area contributed by atoms with Gasteiger partial charge in [0.2, 0.25) is 17.7 Å². The second-order valence-electron chi connectivity index (χ2n) is 17.0. The number of primary amides is 1. The first kappa shape index (κ1) is 46.2. The lowest BCUT2D eigenvalue weighted by atomic mass is 9.90. The highest BCUT2D eigenvalue weighted by Gasteiger charge is 2.31. The first-order valence-corrected chi connectivity index (χ1v) is 22.8. The van der Waals surface area contributed by atoms with Crippen LogP contribution >= 0.6 is 11.6 Å². The molecule has 0 atom stereocenters. The fraction of sp³-hybridized carbons (Fsp3) is 0.438. The van der Waals surface area contributed by atoms with Crippen LogP contribution in [0.3, 0.4) is 0 Å². The number of aryl methyl sites for hydroxylation is 1. The molecule has 4 heterocycles. The summed E-state index contributed by atoms with van der Waals surface area (Å²) in [6, 6.07) is 14.1. The topological polar surface area (TPSA) is 176 Å². The Labute approximate surface area is 378 Å². The van der Waals surface area contributed by atoms with Crippen LogP contribution in [-0.2, 0) is 27.2 Å². The van der Waals surface area contributed by atoms with Gasteiger partial charge in [-0.25, -0.2) is 9.37 Å². The van der Waals surface area contributed by atoms with Crippen LogP contribution in [0, 0.1) is 17.1 Å². The van der Waals surface area contributed by atoms with E-state index in [4.69, 9.17) is 22.7 Å². The van der Waals surface area contributed by atoms with E-state index in [9.17, 15) is 28.4 Å². The summed E-state index contributed by atoms with van der Waals surface area (Å²) in [7, 11) is 0. The molecule has 3 saturated heterocycles. The zero-order valence-electron chi connectivity index (χ0n) is 36.4. The SMILES string of the molecule is CCc1cccc(-c2cnc(C(=O)N3CCC(CN4CCN(CC(=O)N5CCN(C(=O)c6cc(CC(=N)C7=CCCC=C7C(N)=O)ccc6F)CC5)CC4)CC3)c(NC(=O)CCl)c2)c1. The third-order valence-corrected chi connectivity index (χ3v) is 12.9. The van der Waals surface area contributed by atoms with E-state index in [1.165, 1.54) is 17.7 Å². The molecule has 4 N–H and O–H groups in total. The van der Waals surface area contributed by atoms with E-state index < -0.39 is 23.5 Å². The molecule has 0 unspecified atom stereocenters. The first-order valence-electron chi connectivity index (χ1n) is 22.2. The van der Waals surface area contributed by atoms with E-state index in [2.05, 4.69) is 39.2 Å². The molecule has 16 heteroatoms. The number of piperazine rings is 2. The molecule has 0 bridgehead atoms. The number of nitrogens with one attached hydrogen (secondary N) is 2. The third-order valence-electron chi connectivity index (χ3n) is 12.7. The molecule has 0 saturated carbocycles. The number of benzene rings is 2. The minimum atomic E-state index is -0.651. The van der Waals surface area contributed by atoms with Crippen molar-refractivity contribution in [2.45, 2.75) is 45.4 Å². The van der Waals surface area contributed by atoms with E-state index in [1.54, 1.807) is 34.2 Å². The van der Waals surface area contributed by atoms with Gasteiger partial charge in [0.15, 0.2) is 5.69 Å². The van der Waals surface area contributed by atoms with E-state index in [1.807, 2.05) is 23.1 Å². The molecule has 3 aromatic rings. The van der Waals surface area contributed by atoms with Crippen LogP contribution < -0.4 is 11.1 Å². The summed E-state index contributed by atoms with van der Waals surface area (Å²) in [4.78, 5) is 79.2. The van der Waals surface area contributed by atoms with Crippen molar-refractivity contribution >= 4 is 52.5 Å². The number of piperidine rings is 1. The van der Waals surface area contributed by atoms with Crippen LogP contribution in [0.25, 0.3) is 11.1 Å². The van der Waals surface area contributed by atoms with Crippen molar-refractivity contribution in [2.75, 3.05) is 89.7 Å². The number of rotatable bonds is 14. The van der Waals surface area contributed by atoms with E-state index in [0.29, 0.717) is 73.9 Å². The van der Waals surface area contributed by atoms with E-state index in [-0.39, 0.29) is 54.2 Å². The van der Waals surface area contributed by atoms with Crippen molar-refractivity contribution in [3.63, 3.8) is 0 Å². The molecular weight excluding hydrogens is 837 g/mol. The number of hydrogen-bond donors (Lipinski definition) is 3. The molecule has 14 nitrogen and oxygen atoms in total. The predicted molar refractivity (Wildman–Crippen MR) is 245 cm³/mol. The minimum absolute atomic E-state index is 0.00545. The average Bonchev–Trinajstić information content (AvgIpc) is 3.32. The molecule has 4 aliphatic rings. The Kier molecular flexibility index (Phi) is 15.4. The van der Waals surface area contributed by atoms with Gasteiger partial charge in [-0.15, -0.1) is 11.6 Å². The predicted octanol–water partition coefficient (Wildman–Crippen LogP) is 4.78. The van der Waals surface area contributed by atoms with Crippen LogP contribution in [0.4, 0.5) is 10.1 Å². The number of allylic oxidation sites excluding steroid dienone is 2. The lowest BCUT2D eigenvalue weighted by Crippen LogP contribution is -2.55. The summed E-state index contributed by atoms with van der Waals surface area (Å²) in [5, 5.41) is 11.4. The van der Waals surface area contributed by atoms with Crippen molar-refractivity contribution in [3.8, 4) is 11.1 Å². The quantitative estimate of drug-likeness (QED) is 0.153. The van der Waals surface area contributed by atoms with Crippen molar-refractivity contribution in [2.24, 2.45) is 11.7 Å². The molecule has 5 amide bonds. The number of anilines is 1. The second kappa shape index (κ2) is 21.3. The summed E-state index contributed by atoms with van der Waals surface area (Å²) in [6.45, 7) is 8.93. The number of likely N-dealkylation sites (tertiary alicyclic amines) is 1. The number of nitrogens with zero attached hydrogens (tertiary/aromatic N) is 6. The number of pyridine rings is 1. The number of hydrogen-bond acceptors (Lipinski definition) is 9. The van der Waals surface area contributed by atoms with Crippen LogP contribution in [-0.4, -0.2) is 149 Å². The van der Waals surface area contributed by atoms with E-state index in [0.717, 1.165) is 63.1 Å². The fourth-order valence-corrected chi connectivity index (χ4v) is 9.03. The van der Waals surface area contributed by atoms with Crippen LogP contribution in [0.2, 0.25) is 0 Å². The van der Waals surface area contributed by atoms with Crippen molar-refractivity contribution < 1.29 is 28.4 Å². The van der Waals surface area contributed by atoms with Crippen LogP contribution in [0.1, 0.15) is 64.6 Å². The van der Waals surface area contributed by atoms with Gasteiger partial charge in [0.05, 0.1) is 17.8 Å². The Morgan fingerprint density at radius 1 is 0.797 bits per heavy atom. The van der Waals surface area contributed by atoms with Gasteiger partial charge in [-0.1, -0.05) is 49.4 Å². The Morgan fingerprint density at radius 3 is 2.16 bits per heavy atom. The van der Waals surface area contributed by atoms with Gasteiger partial charge in [0.1, 0.15) is 11.7 Å². The zero-order valence-corrected chi connectivity index (χ0v) is 37.2. The van der Waals surface area contributed by atoms with Crippen molar-refractivity contribution in [3.05, 3.63) is 106 Å². The largest absolute Gasteiger partial charge is 0.366 e.